The van der Waals surface area contributed by atoms with Crippen LogP contribution in [0.5, 0.6) is 0 Å². The maximum absolute atomic E-state index is 5.27. The Hall–Kier alpha value is -1.00. The van der Waals surface area contributed by atoms with Crippen LogP contribution < -0.4 is 0 Å². The van der Waals surface area contributed by atoms with Crippen LogP contribution in [0, 0.1) is 0 Å². The standard InChI is InChI=1S/C12H22O4/c1-3-5-13-7-9-15-11-12-16-10-8-14-6-4-2/h3-6H,7-12H2,1-2H3. The zero-order valence-corrected chi connectivity index (χ0v) is 10.2. The molecule has 0 spiro atoms. The predicted molar refractivity (Wildman–Crippen MR) is 63.2 cm³/mol. The summed E-state index contributed by atoms with van der Waals surface area (Å²) in [5.74, 6) is 0. The predicted octanol–water partition coefficient (Wildman–Crippen LogP) is 2.12. The van der Waals surface area contributed by atoms with Gasteiger partial charge >= 0.3 is 0 Å². The van der Waals surface area contributed by atoms with Gasteiger partial charge in [-0.1, -0.05) is 12.2 Å². The van der Waals surface area contributed by atoms with Crippen LogP contribution in [0.4, 0.5) is 0 Å². The third-order valence-corrected chi connectivity index (χ3v) is 1.53. The van der Waals surface area contributed by atoms with Gasteiger partial charge in [0.2, 0.25) is 0 Å². The highest BCUT2D eigenvalue weighted by atomic mass is 16.6. The summed E-state index contributed by atoms with van der Waals surface area (Å²) < 4.78 is 20.7. The molecule has 0 fully saturated rings. The summed E-state index contributed by atoms with van der Waals surface area (Å²) in [5.41, 5.74) is 0. The lowest BCUT2D eigenvalue weighted by molar-refractivity contribution is 0.0185. The van der Waals surface area contributed by atoms with E-state index in [1.54, 1.807) is 12.5 Å². The van der Waals surface area contributed by atoms with Gasteiger partial charge in [-0.05, 0) is 13.8 Å². The molecular weight excluding hydrogens is 208 g/mol. The fraction of sp³-hybridized carbons (Fsp3) is 0.667. The summed E-state index contributed by atoms with van der Waals surface area (Å²) in [6, 6.07) is 0. The molecule has 0 radical (unpaired) electrons. The second-order valence-corrected chi connectivity index (χ2v) is 2.91. The van der Waals surface area contributed by atoms with Crippen molar-refractivity contribution in [1.29, 1.82) is 0 Å². The fourth-order valence-corrected chi connectivity index (χ4v) is 0.865. The van der Waals surface area contributed by atoms with Gasteiger partial charge in [0, 0.05) is 0 Å². The molecule has 0 aliphatic heterocycles. The lowest BCUT2D eigenvalue weighted by atomic mass is 10.7. The van der Waals surface area contributed by atoms with Crippen LogP contribution in [0.15, 0.2) is 24.7 Å². The molecule has 4 heteroatoms. The van der Waals surface area contributed by atoms with E-state index in [0.29, 0.717) is 39.6 Å². The molecule has 4 nitrogen and oxygen atoms in total. The quantitative estimate of drug-likeness (QED) is 0.402. The second kappa shape index (κ2) is 14.0. The number of allylic oxidation sites excluding steroid dienone is 2. The molecule has 0 saturated heterocycles. The summed E-state index contributed by atoms with van der Waals surface area (Å²) in [6.07, 6.45) is 6.98. The Morgan fingerprint density at radius 2 is 1.00 bits per heavy atom. The van der Waals surface area contributed by atoms with Crippen molar-refractivity contribution in [3.05, 3.63) is 24.7 Å². The van der Waals surface area contributed by atoms with Crippen LogP contribution in [0.1, 0.15) is 13.8 Å². The highest BCUT2D eigenvalue weighted by Crippen LogP contribution is 1.83. The van der Waals surface area contributed by atoms with Crippen molar-refractivity contribution in [2.45, 2.75) is 13.8 Å². The molecule has 0 aliphatic rings. The number of hydrogen-bond donors (Lipinski definition) is 0. The van der Waals surface area contributed by atoms with Crippen molar-refractivity contribution in [1.82, 2.24) is 0 Å². The minimum atomic E-state index is 0.578. The highest BCUT2D eigenvalue weighted by molar-refractivity contribution is 4.65. The van der Waals surface area contributed by atoms with Gasteiger partial charge in [-0.2, -0.15) is 0 Å². The largest absolute Gasteiger partial charge is 0.499 e. The van der Waals surface area contributed by atoms with E-state index >= 15 is 0 Å². The van der Waals surface area contributed by atoms with Crippen LogP contribution in [-0.4, -0.2) is 39.6 Å². The average Bonchev–Trinajstić information content (AvgIpc) is 2.31. The van der Waals surface area contributed by atoms with Gasteiger partial charge in [0.15, 0.2) is 0 Å². The molecule has 0 aromatic heterocycles. The summed E-state index contributed by atoms with van der Waals surface area (Å²) in [4.78, 5) is 0. The van der Waals surface area contributed by atoms with Crippen molar-refractivity contribution < 1.29 is 18.9 Å². The van der Waals surface area contributed by atoms with Gasteiger partial charge in [-0.3, -0.25) is 0 Å². The molecule has 0 heterocycles. The molecule has 0 unspecified atom stereocenters. The van der Waals surface area contributed by atoms with Gasteiger partial charge in [0.05, 0.1) is 39.0 Å². The first-order valence-corrected chi connectivity index (χ1v) is 5.52. The van der Waals surface area contributed by atoms with Crippen molar-refractivity contribution in [2.75, 3.05) is 39.6 Å². The Bertz CT molecular complexity index is 158. The van der Waals surface area contributed by atoms with Crippen molar-refractivity contribution in [3.8, 4) is 0 Å². The molecule has 0 bridgehead atoms. The Labute approximate surface area is 97.8 Å². The minimum Gasteiger partial charge on any atom is -0.499 e. The van der Waals surface area contributed by atoms with Crippen LogP contribution in [0.25, 0.3) is 0 Å². The molecule has 0 amide bonds. The Kier molecular flexibility index (Phi) is 13.1. The molecule has 16 heavy (non-hydrogen) atoms. The monoisotopic (exact) mass is 230 g/mol. The van der Waals surface area contributed by atoms with E-state index in [9.17, 15) is 0 Å². The first-order valence-electron chi connectivity index (χ1n) is 5.52. The fourth-order valence-electron chi connectivity index (χ4n) is 0.865. The maximum atomic E-state index is 5.27. The third-order valence-electron chi connectivity index (χ3n) is 1.53. The van der Waals surface area contributed by atoms with E-state index in [4.69, 9.17) is 18.9 Å². The normalized spacial score (nSPS) is 11.4. The zero-order chi connectivity index (χ0) is 11.9. The summed E-state index contributed by atoms with van der Waals surface area (Å²) in [7, 11) is 0. The smallest absolute Gasteiger partial charge is 0.111 e. The van der Waals surface area contributed by atoms with Gasteiger partial charge in [0.1, 0.15) is 13.2 Å². The van der Waals surface area contributed by atoms with Crippen molar-refractivity contribution in [2.24, 2.45) is 0 Å². The van der Waals surface area contributed by atoms with Crippen molar-refractivity contribution in [3.63, 3.8) is 0 Å². The summed E-state index contributed by atoms with van der Waals surface area (Å²) in [5, 5.41) is 0. The van der Waals surface area contributed by atoms with Crippen molar-refractivity contribution >= 4 is 0 Å². The first-order chi connectivity index (χ1) is 7.91. The Morgan fingerprint density at radius 1 is 0.625 bits per heavy atom. The number of ether oxygens (including phenoxy) is 4. The maximum Gasteiger partial charge on any atom is 0.111 e. The van der Waals surface area contributed by atoms with E-state index in [1.807, 2.05) is 26.0 Å². The van der Waals surface area contributed by atoms with Gasteiger partial charge in [0.25, 0.3) is 0 Å². The van der Waals surface area contributed by atoms with Crippen LogP contribution in [0.3, 0.4) is 0 Å². The number of hydrogen-bond acceptors (Lipinski definition) is 4. The zero-order valence-electron chi connectivity index (χ0n) is 10.2. The molecule has 0 aliphatic carbocycles. The minimum absolute atomic E-state index is 0.578. The lowest BCUT2D eigenvalue weighted by Gasteiger charge is -2.05. The van der Waals surface area contributed by atoms with E-state index < -0.39 is 0 Å². The molecular formula is C12H22O4. The molecule has 94 valence electrons. The van der Waals surface area contributed by atoms with Gasteiger partial charge in [-0.15, -0.1) is 0 Å². The second-order valence-electron chi connectivity index (χ2n) is 2.91. The van der Waals surface area contributed by atoms with E-state index in [0.717, 1.165) is 0 Å². The molecule has 0 aromatic carbocycles. The average molecular weight is 230 g/mol. The molecule has 0 atom stereocenters. The first kappa shape index (κ1) is 15.0. The Balaban J connectivity index is 2.93. The Morgan fingerprint density at radius 3 is 1.38 bits per heavy atom. The summed E-state index contributed by atoms with van der Waals surface area (Å²) >= 11 is 0. The van der Waals surface area contributed by atoms with Crippen LogP contribution in [-0.2, 0) is 18.9 Å². The lowest BCUT2D eigenvalue weighted by Crippen LogP contribution is -2.10. The van der Waals surface area contributed by atoms with E-state index in [1.165, 1.54) is 0 Å². The number of rotatable bonds is 11. The van der Waals surface area contributed by atoms with Crippen LogP contribution in [0.2, 0.25) is 0 Å². The molecule has 0 N–H and O–H groups in total. The molecule has 0 saturated carbocycles. The van der Waals surface area contributed by atoms with E-state index in [-0.39, 0.29) is 0 Å². The third kappa shape index (κ3) is 13.0. The molecule has 0 rings (SSSR count). The van der Waals surface area contributed by atoms with Gasteiger partial charge in [-0.25, -0.2) is 0 Å². The SMILES string of the molecule is CC=COCCOCCOCCOC=CC. The summed E-state index contributed by atoms with van der Waals surface area (Å²) in [6.45, 7) is 7.32. The van der Waals surface area contributed by atoms with E-state index in [2.05, 4.69) is 0 Å². The van der Waals surface area contributed by atoms with Gasteiger partial charge < -0.3 is 18.9 Å². The van der Waals surface area contributed by atoms with Crippen LogP contribution >= 0.6 is 0 Å². The molecule has 0 aromatic rings. The highest BCUT2D eigenvalue weighted by Gasteiger charge is 1.90. The topological polar surface area (TPSA) is 36.9 Å².